The first kappa shape index (κ1) is 45.2. The van der Waals surface area contributed by atoms with Crippen LogP contribution in [-0.2, 0) is 37.3 Å². The second-order valence-electron chi connectivity index (χ2n) is 20.0. The molecule has 0 saturated carbocycles. The van der Waals surface area contributed by atoms with Gasteiger partial charge in [-0.2, -0.15) is 12.1 Å². The average Bonchev–Trinajstić information content (AvgIpc) is 3.68. The maximum Gasteiger partial charge on any atom is 2.00 e. The summed E-state index contributed by atoms with van der Waals surface area (Å²) in [6.45, 7) is 19.9. The average molecular weight is 1030 g/mol. The van der Waals surface area contributed by atoms with E-state index in [9.17, 15) is 5.11 Å². The predicted molar refractivity (Wildman–Crippen MR) is 265 cm³/mol. The van der Waals surface area contributed by atoms with Gasteiger partial charge in [-0.25, -0.2) is 4.98 Å². The van der Waals surface area contributed by atoms with Gasteiger partial charge in [-0.3, -0.25) is 9.13 Å². The van der Waals surface area contributed by atoms with E-state index < -0.39 is 0 Å². The molecule has 0 saturated heterocycles. The number of aromatic nitrogens is 3. The predicted octanol–water partition coefficient (Wildman–Crippen LogP) is 14.8. The van der Waals surface area contributed by atoms with Gasteiger partial charge in [0.1, 0.15) is 17.8 Å². The number of fused-ring (bicyclic) bond motifs is 1. The van der Waals surface area contributed by atoms with Crippen molar-refractivity contribution in [2.24, 2.45) is 0 Å². The Labute approximate surface area is 399 Å². The number of phenolic OH excluding ortho intramolecular Hbond substituents is 1. The van der Waals surface area contributed by atoms with E-state index in [0.29, 0.717) is 11.4 Å². The van der Waals surface area contributed by atoms with Gasteiger partial charge in [0.15, 0.2) is 6.20 Å². The zero-order valence-corrected chi connectivity index (χ0v) is 41.0. The summed E-state index contributed by atoms with van der Waals surface area (Å²) in [6.07, 6.45) is 5.97. The van der Waals surface area contributed by atoms with Crippen molar-refractivity contribution in [2.45, 2.75) is 78.6 Å². The quantitative estimate of drug-likeness (QED) is 0.128. The molecule has 0 radical (unpaired) electrons. The van der Waals surface area contributed by atoms with Crippen molar-refractivity contribution in [2.75, 3.05) is 0 Å². The molecule has 0 amide bonds. The standard InChI is InChI=1S/C60H56N3O.Pt/c1-58(2,3)46-36-51(56(64)52(37-46)60(7,8)9)57-61-55-49(45-33-47(59(4,5)6)39-62(38-45)48-28-19-27-43(34-48)40-21-13-10-14-22-40)29-20-30-54(55)63(57)53-32-31-44(41-23-15-11-16-24-41)35-50(53)42-25-17-12-18-26-42;/h10-27,29-37,39,64H,1-9H3;/q-1;+2. The van der Waals surface area contributed by atoms with E-state index >= 15 is 0 Å². The molecule has 326 valence electrons. The minimum atomic E-state index is -0.334. The van der Waals surface area contributed by atoms with Crippen LogP contribution in [0, 0.1) is 12.3 Å². The van der Waals surface area contributed by atoms with Crippen LogP contribution in [0.3, 0.4) is 0 Å². The monoisotopic (exact) mass is 1030 g/mol. The zero-order chi connectivity index (χ0) is 45.0. The Kier molecular flexibility index (Phi) is 12.2. The minimum absolute atomic E-state index is 0. The summed E-state index contributed by atoms with van der Waals surface area (Å²) in [6, 6.07) is 61.1. The van der Waals surface area contributed by atoms with Crippen LogP contribution >= 0.6 is 0 Å². The Hall–Kier alpha value is -6.35. The SMILES string of the molecule is CC(C)(C)c1cc(-c2nc3c(-c4[c-][n+](-c5[c-]ccc(-c6ccccc6)c5)cc(C(C)(C)C)c4)cccc3n2-c2ccc(-c3ccccc3)cc2-c2ccccc2)c(O)c(C(C)(C)C)c1.[Pt+2]. The number of rotatable bonds is 7. The summed E-state index contributed by atoms with van der Waals surface area (Å²) < 4.78 is 4.35. The summed E-state index contributed by atoms with van der Waals surface area (Å²) >= 11 is 0. The summed E-state index contributed by atoms with van der Waals surface area (Å²) in [7, 11) is 0. The van der Waals surface area contributed by atoms with Crippen LogP contribution < -0.4 is 4.57 Å². The molecule has 9 rings (SSSR count). The number of para-hydroxylation sites is 1. The molecular weight excluding hydrogens is 974 g/mol. The Bertz CT molecular complexity index is 3150. The summed E-state index contributed by atoms with van der Waals surface area (Å²) in [4.78, 5) is 5.67. The topological polar surface area (TPSA) is 41.9 Å². The second kappa shape index (κ2) is 17.6. The van der Waals surface area contributed by atoms with Crippen LogP contribution in [0.25, 0.3) is 78.3 Å². The largest absolute Gasteiger partial charge is 2.00 e. The number of hydrogen-bond donors (Lipinski definition) is 1. The summed E-state index contributed by atoms with van der Waals surface area (Å²) in [5, 5.41) is 12.6. The molecule has 5 heteroatoms. The molecule has 9 aromatic rings. The number of hydrogen-bond acceptors (Lipinski definition) is 2. The van der Waals surface area contributed by atoms with Gasteiger partial charge in [0.25, 0.3) is 0 Å². The number of phenols is 1. The molecule has 0 aliphatic carbocycles. The second-order valence-corrected chi connectivity index (χ2v) is 20.0. The summed E-state index contributed by atoms with van der Waals surface area (Å²) in [5.41, 5.74) is 15.3. The molecule has 0 bridgehead atoms. The van der Waals surface area contributed by atoms with Crippen LogP contribution in [0.5, 0.6) is 5.75 Å². The van der Waals surface area contributed by atoms with Gasteiger partial charge >= 0.3 is 21.1 Å². The number of benzene rings is 7. The first-order valence-corrected chi connectivity index (χ1v) is 22.3. The number of aromatic hydroxyl groups is 1. The van der Waals surface area contributed by atoms with E-state index in [1.165, 1.54) is 0 Å². The molecule has 0 spiro atoms. The van der Waals surface area contributed by atoms with Gasteiger partial charge in [0, 0.05) is 16.8 Å². The molecule has 0 atom stereocenters. The molecule has 0 aliphatic heterocycles. The third-order valence-electron chi connectivity index (χ3n) is 12.3. The molecule has 2 heterocycles. The summed E-state index contributed by atoms with van der Waals surface area (Å²) in [5.74, 6) is 0.915. The van der Waals surface area contributed by atoms with Gasteiger partial charge in [-0.1, -0.05) is 178 Å². The fourth-order valence-electron chi connectivity index (χ4n) is 8.55. The maximum atomic E-state index is 12.6. The van der Waals surface area contributed by atoms with E-state index in [4.69, 9.17) is 4.98 Å². The van der Waals surface area contributed by atoms with Crippen molar-refractivity contribution < 1.29 is 30.7 Å². The molecule has 7 aromatic carbocycles. The Balaban J connectivity index is 0.00000576. The number of imidazole rings is 1. The van der Waals surface area contributed by atoms with Crippen molar-refractivity contribution in [1.29, 1.82) is 0 Å². The van der Waals surface area contributed by atoms with Crippen LogP contribution in [0.4, 0.5) is 0 Å². The molecule has 65 heavy (non-hydrogen) atoms. The van der Waals surface area contributed by atoms with Crippen molar-refractivity contribution in [3.05, 3.63) is 199 Å². The molecule has 0 fully saturated rings. The zero-order valence-electron chi connectivity index (χ0n) is 38.8. The maximum absolute atomic E-state index is 12.6. The Morgan fingerprint density at radius 2 is 1.12 bits per heavy atom. The van der Waals surface area contributed by atoms with E-state index in [1.807, 2.05) is 12.1 Å². The van der Waals surface area contributed by atoms with Crippen LogP contribution in [0.1, 0.15) is 79.0 Å². The van der Waals surface area contributed by atoms with E-state index in [2.05, 4.69) is 242 Å². The van der Waals surface area contributed by atoms with E-state index in [1.54, 1.807) is 0 Å². The fourth-order valence-corrected chi connectivity index (χ4v) is 8.55. The molecule has 4 nitrogen and oxygen atoms in total. The van der Waals surface area contributed by atoms with Crippen molar-refractivity contribution in [3.63, 3.8) is 0 Å². The molecule has 2 aromatic heterocycles. The van der Waals surface area contributed by atoms with E-state index in [0.717, 1.165) is 83.6 Å². The van der Waals surface area contributed by atoms with Crippen molar-refractivity contribution in [3.8, 4) is 73.0 Å². The van der Waals surface area contributed by atoms with Gasteiger partial charge in [0.2, 0.25) is 0 Å². The van der Waals surface area contributed by atoms with Crippen LogP contribution in [0.15, 0.2) is 170 Å². The Morgan fingerprint density at radius 3 is 1.72 bits per heavy atom. The van der Waals surface area contributed by atoms with Gasteiger partial charge in [-0.15, -0.1) is 23.8 Å². The molecular formula is C60H56N3OPt+. The molecule has 0 unspecified atom stereocenters. The first-order valence-electron chi connectivity index (χ1n) is 22.3. The Morgan fingerprint density at radius 1 is 0.523 bits per heavy atom. The third-order valence-corrected chi connectivity index (χ3v) is 12.3. The smallest absolute Gasteiger partial charge is 0.507 e. The van der Waals surface area contributed by atoms with Crippen molar-refractivity contribution >= 4 is 11.0 Å². The van der Waals surface area contributed by atoms with Gasteiger partial charge in [0.05, 0.1) is 22.3 Å². The first-order chi connectivity index (χ1) is 30.5. The molecule has 1 N–H and O–H groups in total. The third kappa shape index (κ3) is 9.02. The van der Waals surface area contributed by atoms with Crippen LogP contribution in [-0.4, -0.2) is 14.7 Å². The van der Waals surface area contributed by atoms with Crippen LogP contribution in [0.2, 0.25) is 0 Å². The number of nitrogens with zero attached hydrogens (tertiary/aromatic N) is 3. The van der Waals surface area contributed by atoms with E-state index in [-0.39, 0.29) is 43.1 Å². The minimum Gasteiger partial charge on any atom is -0.507 e. The van der Waals surface area contributed by atoms with Gasteiger partial charge in [-0.05, 0) is 85.0 Å². The molecule has 0 aliphatic rings. The van der Waals surface area contributed by atoms with Gasteiger partial charge < -0.3 is 5.11 Å². The fraction of sp³-hybridized carbons (Fsp3) is 0.200. The normalized spacial score (nSPS) is 12.0. The number of pyridine rings is 1. The van der Waals surface area contributed by atoms with Crippen molar-refractivity contribution in [1.82, 2.24) is 9.55 Å².